The van der Waals surface area contributed by atoms with Crippen molar-refractivity contribution in [2.45, 2.75) is 70.8 Å². The van der Waals surface area contributed by atoms with Crippen molar-refractivity contribution in [2.24, 2.45) is 0 Å². The number of aromatic amines is 1. The Morgan fingerprint density at radius 3 is 2.35 bits per heavy atom. The van der Waals surface area contributed by atoms with E-state index in [4.69, 9.17) is 0 Å². The SMILES string of the molecule is CCCCCCCCCCC(O)c1ncc[nH]1. The van der Waals surface area contributed by atoms with Gasteiger partial charge in [0.15, 0.2) is 0 Å². The van der Waals surface area contributed by atoms with Gasteiger partial charge in [-0.3, -0.25) is 0 Å². The summed E-state index contributed by atoms with van der Waals surface area (Å²) in [4.78, 5) is 7.01. The van der Waals surface area contributed by atoms with E-state index in [1.807, 2.05) is 0 Å². The number of nitrogens with one attached hydrogen (secondary N) is 1. The first-order chi connectivity index (χ1) is 8.34. The number of hydrogen-bond donors (Lipinski definition) is 2. The maximum Gasteiger partial charge on any atom is 0.134 e. The topological polar surface area (TPSA) is 48.9 Å². The van der Waals surface area contributed by atoms with Crippen LogP contribution in [0.25, 0.3) is 0 Å². The number of hydrogen-bond acceptors (Lipinski definition) is 2. The predicted octanol–water partition coefficient (Wildman–Crippen LogP) is 3.97. The average molecular weight is 238 g/mol. The lowest BCUT2D eigenvalue weighted by Gasteiger charge is -2.07. The van der Waals surface area contributed by atoms with Crippen molar-refractivity contribution < 1.29 is 5.11 Å². The molecule has 0 bridgehead atoms. The smallest absolute Gasteiger partial charge is 0.134 e. The summed E-state index contributed by atoms with van der Waals surface area (Å²) < 4.78 is 0. The highest BCUT2D eigenvalue weighted by Gasteiger charge is 2.08. The molecular weight excluding hydrogens is 212 g/mol. The van der Waals surface area contributed by atoms with Gasteiger partial charge in [0.2, 0.25) is 0 Å². The Balaban J connectivity index is 1.90. The second kappa shape index (κ2) is 9.23. The molecule has 0 aliphatic heterocycles. The van der Waals surface area contributed by atoms with E-state index < -0.39 is 6.10 Å². The van der Waals surface area contributed by atoms with Crippen molar-refractivity contribution in [1.82, 2.24) is 9.97 Å². The van der Waals surface area contributed by atoms with E-state index in [1.165, 1.54) is 44.9 Å². The molecule has 1 atom stereocenters. The van der Waals surface area contributed by atoms with Gasteiger partial charge in [-0.15, -0.1) is 0 Å². The Labute approximate surface area is 105 Å². The quantitative estimate of drug-likeness (QED) is 0.606. The van der Waals surface area contributed by atoms with Gasteiger partial charge in [-0.05, 0) is 6.42 Å². The zero-order chi connectivity index (χ0) is 12.3. The second-order valence-electron chi connectivity index (χ2n) is 4.75. The van der Waals surface area contributed by atoms with Crippen LogP contribution >= 0.6 is 0 Å². The van der Waals surface area contributed by atoms with Crippen molar-refractivity contribution in [3.05, 3.63) is 18.2 Å². The van der Waals surface area contributed by atoms with Crippen LogP contribution in [0, 0.1) is 0 Å². The molecular formula is C14H26N2O. The van der Waals surface area contributed by atoms with Crippen molar-refractivity contribution in [2.75, 3.05) is 0 Å². The summed E-state index contributed by atoms with van der Waals surface area (Å²) in [5.74, 6) is 0.702. The molecule has 1 aromatic rings. The Morgan fingerprint density at radius 2 is 1.76 bits per heavy atom. The highest BCUT2D eigenvalue weighted by Crippen LogP contribution is 2.17. The number of aliphatic hydroxyl groups is 1. The highest BCUT2D eigenvalue weighted by atomic mass is 16.3. The summed E-state index contributed by atoms with van der Waals surface area (Å²) in [5.41, 5.74) is 0. The number of unbranched alkanes of at least 4 members (excludes halogenated alkanes) is 7. The van der Waals surface area contributed by atoms with Crippen molar-refractivity contribution >= 4 is 0 Å². The van der Waals surface area contributed by atoms with Gasteiger partial charge in [-0.25, -0.2) is 4.98 Å². The standard InChI is InChI=1S/C14H26N2O/c1-2-3-4-5-6-7-8-9-10-13(17)14-15-11-12-16-14/h11-13,17H,2-10H2,1H3,(H,15,16). The summed E-state index contributed by atoms with van der Waals surface area (Å²) in [6.45, 7) is 2.25. The summed E-state index contributed by atoms with van der Waals surface area (Å²) in [6, 6.07) is 0. The van der Waals surface area contributed by atoms with Crippen molar-refractivity contribution in [3.63, 3.8) is 0 Å². The fourth-order valence-corrected chi connectivity index (χ4v) is 2.07. The summed E-state index contributed by atoms with van der Waals surface area (Å²) >= 11 is 0. The van der Waals surface area contributed by atoms with Crippen LogP contribution in [0.5, 0.6) is 0 Å². The molecule has 1 heterocycles. The molecule has 3 heteroatoms. The summed E-state index contributed by atoms with van der Waals surface area (Å²) in [5, 5.41) is 9.79. The molecule has 1 unspecified atom stereocenters. The normalized spacial score (nSPS) is 12.8. The molecule has 0 amide bonds. The van der Waals surface area contributed by atoms with Crippen LogP contribution in [-0.4, -0.2) is 15.1 Å². The minimum Gasteiger partial charge on any atom is -0.385 e. The lowest BCUT2D eigenvalue weighted by Crippen LogP contribution is -1.99. The van der Waals surface area contributed by atoms with Crippen LogP contribution in [0.2, 0.25) is 0 Å². The van der Waals surface area contributed by atoms with Gasteiger partial charge in [-0.2, -0.15) is 0 Å². The van der Waals surface area contributed by atoms with E-state index in [9.17, 15) is 5.11 Å². The lowest BCUT2D eigenvalue weighted by molar-refractivity contribution is 0.154. The fraction of sp³-hybridized carbons (Fsp3) is 0.786. The Morgan fingerprint density at radius 1 is 1.12 bits per heavy atom. The lowest BCUT2D eigenvalue weighted by atomic mass is 10.1. The number of rotatable bonds is 10. The van der Waals surface area contributed by atoms with Gasteiger partial charge in [-0.1, -0.05) is 58.3 Å². The molecule has 3 nitrogen and oxygen atoms in total. The number of imidazole rings is 1. The van der Waals surface area contributed by atoms with Gasteiger partial charge >= 0.3 is 0 Å². The summed E-state index contributed by atoms with van der Waals surface area (Å²) in [6.07, 6.45) is 14.3. The number of aliphatic hydroxyl groups excluding tert-OH is 1. The Bertz CT molecular complexity index is 259. The maximum absolute atomic E-state index is 9.79. The van der Waals surface area contributed by atoms with Crippen LogP contribution < -0.4 is 0 Å². The molecule has 0 radical (unpaired) electrons. The van der Waals surface area contributed by atoms with E-state index in [1.54, 1.807) is 12.4 Å². The van der Waals surface area contributed by atoms with Crippen LogP contribution in [-0.2, 0) is 0 Å². The van der Waals surface area contributed by atoms with E-state index in [0.29, 0.717) is 5.82 Å². The Kier molecular flexibility index (Phi) is 7.72. The molecule has 1 aromatic heterocycles. The molecule has 0 saturated heterocycles. The monoisotopic (exact) mass is 238 g/mol. The molecule has 0 aliphatic carbocycles. The largest absolute Gasteiger partial charge is 0.385 e. The first-order valence-corrected chi connectivity index (χ1v) is 7.02. The second-order valence-corrected chi connectivity index (χ2v) is 4.75. The molecule has 0 fully saturated rings. The minimum atomic E-state index is -0.412. The van der Waals surface area contributed by atoms with Gasteiger partial charge in [0.1, 0.15) is 11.9 Å². The third kappa shape index (κ3) is 6.47. The van der Waals surface area contributed by atoms with E-state index >= 15 is 0 Å². The molecule has 0 aliphatic rings. The minimum absolute atomic E-state index is 0.412. The number of H-pyrrole nitrogens is 1. The first-order valence-electron chi connectivity index (χ1n) is 7.02. The molecule has 17 heavy (non-hydrogen) atoms. The Hall–Kier alpha value is -0.830. The fourth-order valence-electron chi connectivity index (χ4n) is 2.07. The van der Waals surface area contributed by atoms with Crippen LogP contribution in [0.3, 0.4) is 0 Å². The van der Waals surface area contributed by atoms with E-state index in [0.717, 1.165) is 12.8 Å². The van der Waals surface area contributed by atoms with Gasteiger partial charge in [0.25, 0.3) is 0 Å². The molecule has 0 aromatic carbocycles. The zero-order valence-corrected chi connectivity index (χ0v) is 11.0. The average Bonchev–Trinajstić information content (AvgIpc) is 2.86. The van der Waals surface area contributed by atoms with Gasteiger partial charge < -0.3 is 10.1 Å². The summed E-state index contributed by atoms with van der Waals surface area (Å²) in [7, 11) is 0. The van der Waals surface area contributed by atoms with Crippen LogP contribution in [0.1, 0.15) is 76.6 Å². The van der Waals surface area contributed by atoms with Crippen molar-refractivity contribution in [1.29, 1.82) is 0 Å². The van der Waals surface area contributed by atoms with Crippen LogP contribution in [0.4, 0.5) is 0 Å². The number of aromatic nitrogens is 2. The van der Waals surface area contributed by atoms with Gasteiger partial charge in [0.05, 0.1) is 0 Å². The first kappa shape index (κ1) is 14.2. The zero-order valence-electron chi connectivity index (χ0n) is 11.0. The van der Waals surface area contributed by atoms with E-state index in [2.05, 4.69) is 16.9 Å². The molecule has 2 N–H and O–H groups in total. The third-order valence-corrected chi connectivity index (χ3v) is 3.17. The molecule has 0 saturated carbocycles. The van der Waals surface area contributed by atoms with Crippen molar-refractivity contribution in [3.8, 4) is 0 Å². The van der Waals surface area contributed by atoms with Crippen LogP contribution in [0.15, 0.2) is 12.4 Å². The maximum atomic E-state index is 9.79. The number of nitrogens with zero attached hydrogens (tertiary/aromatic N) is 1. The molecule has 0 spiro atoms. The van der Waals surface area contributed by atoms with Gasteiger partial charge in [0, 0.05) is 12.4 Å². The van der Waals surface area contributed by atoms with E-state index in [-0.39, 0.29) is 0 Å². The predicted molar refractivity (Wildman–Crippen MR) is 70.8 cm³/mol. The third-order valence-electron chi connectivity index (χ3n) is 3.17. The molecule has 1 rings (SSSR count). The molecule has 98 valence electrons. The highest BCUT2D eigenvalue weighted by molar-refractivity contribution is 4.91.